The van der Waals surface area contributed by atoms with Gasteiger partial charge in [-0.05, 0) is 44.9 Å². The predicted molar refractivity (Wildman–Crippen MR) is 129 cm³/mol. The van der Waals surface area contributed by atoms with Gasteiger partial charge in [0.05, 0.1) is 34.6 Å². The summed E-state index contributed by atoms with van der Waals surface area (Å²) >= 11 is 7.81. The number of aromatic nitrogens is 4. The van der Waals surface area contributed by atoms with Crippen LogP contribution in [0.3, 0.4) is 0 Å². The number of carbonyl (C=O) groups is 1. The third-order valence-electron chi connectivity index (χ3n) is 4.82. The zero-order chi connectivity index (χ0) is 23.9. The van der Waals surface area contributed by atoms with E-state index in [-0.39, 0.29) is 17.6 Å². The number of ether oxygens (including phenoxy) is 1. The Morgan fingerprint density at radius 2 is 2.06 bits per heavy atom. The SMILES string of the molecule is CC(C)c1cnn2c(N(Cc3nc4cc(C#N)ccc4s3)C(=O)OC(C)(C)C)cc(Cl)nc12. The molecule has 0 aliphatic heterocycles. The van der Waals surface area contributed by atoms with Crippen molar-refractivity contribution >= 4 is 50.7 Å². The second-order valence-corrected chi connectivity index (χ2v) is 10.4. The number of halogens is 1. The Hall–Kier alpha value is -3.22. The van der Waals surface area contributed by atoms with Crippen molar-refractivity contribution in [1.82, 2.24) is 19.6 Å². The van der Waals surface area contributed by atoms with Gasteiger partial charge in [0.15, 0.2) is 5.65 Å². The Labute approximate surface area is 200 Å². The monoisotopic (exact) mass is 482 g/mol. The van der Waals surface area contributed by atoms with Crippen LogP contribution in [0.1, 0.15) is 56.7 Å². The molecule has 10 heteroatoms. The number of anilines is 1. The summed E-state index contributed by atoms with van der Waals surface area (Å²) in [7, 11) is 0. The van der Waals surface area contributed by atoms with Gasteiger partial charge in [-0.15, -0.1) is 11.3 Å². The molecule has 8 nitrogen and oxygen atoms in total. The van der Waals surface area contributed by atoms with Crippen molar-refractivity contribution in [2.24, 2.45) is 0 Å². The largest absolute Gasteiger partial charge is 0.443 e. The average molecular weight is 483 g/mol. The fourth-order valence-electron chi connectivity index (χ4n) is 3.34. The number of hydrogen-bond acceptors (Lipinski definition) is 7. The van der Waals surface area contributed by atoms with E-state index in [9.17, 15) is 10.1 Å². The van der Waals surface area contributed by atoms with Crippen molar-refractivity contribution < 1.29 is 9.53 Å². The first kappa shape index (κ1) is 23.0. The van der Waals surface area contributed by atoms with Crippen LogP contribution in [0, 0.1) is 11.3 Å². The highest BCUT2D eigenvalue weighted by atomic mass is 35.5. The highest BCUT2D eigenvalue weighted by Crippen LogP contribution is 2.30. The van der Waals surface area contributed by atoms with Gasteiger partial charge in [0, 0.05) is 11.6 Å². The quantitative estimate of drug-likeness (QED) is 0.334. The van der Waals surface area contributed by atoms with E-state index < -0.39 is 11.7 Å². The molecule has 0 saturated heterocycles. The van der Waals surface area contributed by atoms with Crippen molar-refractivity contribution in [3.8, 4) is 6.07 Å². The van der Waals surface area contributed by atoms with Crippen LogP contribution in [-0.2, 0) is 11.3 Å². The molecule has 1 amide bonds. The maximum absolute atomic E-state index is 13.3. The summed E-state index contributed by atoms with van der Waals surface area (Å²) in [5.41, 5.74) is 2.05. The molecule has 0 aliphatic rings. The molecule has 1 aromatic carbocycles. The summed E-state index contributed by atoms with van der Waals surface area (Å²) in [5, 5.41) is 14.6. The lowest BCUT2D eigenvalue weighted by atomic mass is 10.1. The number of fused-ring (bicyclic) bond motifs is 2. The van der Waals surface area contributed by atoms with Crippen LogP contribution < -0.4 is 4.90 Å². The van der Waals surface area contributed by atoms with Crippen molar-refractivity contribution in [3.05, 3.63) is 51.7 Å². The van der Waals surface area contributed by atoms with Gasteiger partial charge in [-0.1, -0.05) is 25.4 Å². The third-order valence-corrected chi connectivity index (χ3v) is 6.03. The normalized spacial score (nSPS) is 11.8. The van der Waals surface area contributed by atoms with Gasteiger partial charge >= 0.3 is 6.09 Å². The Bertz CT molecular complexity index is 1400. The number of carbonyl (C=O) groups excluding carboxylic acids is 1. The highest BCUT2D eigenvalue weighted by Gasteiger charge is 2.28. The molecule has 0 saturated carbocycles. The molecule has 0 bridgehead atoms. The minimum absolute atomic E-state index is 0.141. The second kappa shape index (κ2) is 8.61. The Morgan fingerprint density at radius 3 is 2.73 bits per heavy atom. The Morgan fingerprint density at radius 1 is 1.30 bits per heavy atom. The van der Waals surface area contributed by atoms with Crippen LogP contribution in [0.2, 0.25) is 5.15 Å². The third kappa shape index (κ3) is 4.77. The van der Waals surface area contributed by atoms with Crippen molar-refractivity contribution in [2.45, 2.75) is 52.7 Å². The summed E-state index contributed by atoms with van der Waals surface area (Å²) in [6.45, 7) is 9.66. The van der Waals surface area contributed by atoms with E-state index in [1.165, 1.54) is 16.2 Å². The van der Waals surface area contributed by atoms with Gasteiger partial charge in [-0.2, -0.15) is 14.9 Å². The molecule has 0 N–H and O–H groups in total. The molecule has 0 spiro atoms. The van der Waals surface area contributed by atoms with E-state index in [1.54, 1.807) is 28.9 Å². The van der Waals surface area contributed by atoms with Gasteiger partial charge in [0.25, 0.3) is 0 Å². The lowest BCUT2D eigenvalue weighted by Crippen LogP contribution is -2.37. The number of amides is 1. The average Bonchev–Trinajstić information content (AvgIpc) is 3.32. The van der Waals surface area contributed by atoms with Crippen LogP contribution in [0.25, 0.3) is 15.9 Å². The van der Waals surface area contributed by atoms with Crippen molar-refractivity contribution in [2.75, 3.05) is 4.90 Å². The first-order valence-corrected chi connectivity index (χ1v) is 11.6. The Kier molecular flexibility index (Phi) is 5.99. The number of nitrogens with zero attached hydrogens (tertiary/aromatic N) is 6. The molecule has 0 aliphatic carbocycles. The van der Waals surface area contributed by atoms with Gasteiger partial charge in [-0.3, -0.25) is 4.90 Å². The lowest BCUT2D eigenvalue weighted by molar-refractivity contribution is 0.0575. The number of benzene rings is 1. The van der Waals surface area contributed by atoms with Crippen LogP contribution in [-0.4, -0.2) is 31.3 Å². The number of nitriles is 1. The van der Waals surface area contributed by atoms with Crippen LogP contribution in [0.4, 0.5) is 10.6 Å². The topological polar surface area (TPSA) is 96.4 Å². The molecule has 4 aromatic rings. The maximum atomic E-state index is 13.3. The summed E-state index contributed by atoms with van der Waals surface area (Å²) in [5.74, 6) is 0.609. The van der Waals surface area contributed by atoms with E-state index in [0.29, 0.717) is 27.6 Å². The summed E-state index contributed by atoms with van der Waals surface area (Å²) in [4.78, 5) is 23.9. The zero-order valence-corrected chi connectivity index (χ0v) is 20.5. The molecule has 0 atom stereocenters. The molecule has 0 unspecified atom stereocenters. The van der Waals surface area contributed by atoms with Crippen molar-refractivity contribution in [3.63, 3.8) is 0 Å². The summed E-state index contributed by atoms with van der Waals surface area (Å²) in [6, 6.07) is 9.06. The molecule has 0 radical (unpaired) electrons. The fourth-order valence-corrected chi connectivity index (χ4v) is 4.45. The first-order chi connectivity index (χ1) is 15.6. The zero-order valence-electron chi connectivity index (χ0n) is 19.0. The number of thiazole rings is 1. The van der Waals surface area contributed by atoms with Gasteiger partial charge in [0.1, 0.15) is 21.6 Å². The molecule has 3 aromatic heterocycles. The van der Waals surface area contributed by atoms with E-state index in [1.807, 2.05) is 40.7 Å². The summed E-state index contributed by atoms with van der Waals surface area (Å²) in [6.07, 6.45) is 1.19. The van der Waals surface area contributed by atoms with E-state index in [2.05, 4.69) is 21.1 Å². The van der Waals surface area contributed by atoms with Gasteiger partial charge in [-0.25, -0.2) is 14.8 Å². The minimum atomic E-state index is -0.701. The minimum Gasteiger partial charge on any atom is -0.443 e. The second-order valence-electron chi connectivity index (χ2n) is 8.90. The maximum Gasteiger partial charge on any atom is 0.416 e. The lowest BCUT2D eigenvalue weighted by Gasteiger charge is -2.27. The molecular formula is C23H23ClN6O2S. The summed E-state index contributed by atoms with van der Waals surface area (Å²) < 4.78 is 8.22. The molecule has 4 rings (SSSR count). The van der Waals surface area contributed by atoms with Crippen LogP contribution in [0.5, 0.6) is 0 Å². The Balaban J connectivity index is 1.83. The van der Waals surface area contributed by atoms with Crippen LogP contribution in [0.15, 0.2) is 30.5 Å². The molecular weight excluding hydrogens is 460 g/mol. The molecule has 33 heavy (non-hydrogen) atoms. The van der Waals surface area contributed by atoms with Crippen molar-refractivity contribution in [1.29, 1.82) is 5.26 Å². The number of hydrogen-bond donors (Lipinski definition) is 0. The van der Waals surface area contributed by atoms with Gasteiger partial charge in [0.2, 0.25) is 0 Å². The predicted octanol–water partition coefficient (Wildman–Crippen LogP) is 5.93. The van der Waals surface area contributed by atoms with E-state index >= 15 is 0 Å². The van der Waals surface area contributed by atoms with E-state index in [4.69, 9.17) is 16.3 Å². The molecule has 170 valence electrons. The van der Waals surface area contributed by atoms with E-state index in [0.717, 1.165) is 10.3 Å². The highest BCUT2D eigenvalue weighted by molar-refractivity contribution is 7.18. The molecule has 0 fully saturated rings. The van der Waals surface area contributed by atoms with Crippen LogP contribution >= 0.6 is 22.9 Å². The smallest absolute Gasteiger partial charge is 0.416 e. The number of rotatable bonds is 4. The fraction of sp³-hybridized carbons (Fsp3) is 0.348. The standard InChI is InChI=1S/C23H23ClN6O2S/c1-13(2)15-11-26-30-20(9-18(24)28-21(15)30)29(22(31)32-23(3,4)5)12-19-27-16-8-14(10-25)6-7-17(16)33-19/h6-9,11,13H,12H2,1-5H3. The molecule has 3 heterocycles. The first-order valence-electron chi connectivity index (χ1n) is 10.4. The van der Waals surface area contributed by atoms with Gasteiger partial charge < -0.3 is 4.74 Å².